The number of nitrogens with one attached hydrogen (secondary N) is 1. The lowest BCUT2D eigenvalue weighted by Gasteiger charge is -2.33. The van der Waals surface area contributed by atoms with Gasteiger partial charge in [-0.2, -0.15) is 0 Å². The molecule has 0 spiro atoms. The number of carbonyl (C=O) groups is 1. The summed E-state index contributed by atoms with van der Waals surface area (Å²) in [5.41, 5.74) is 2.98. The molecule has 1 saturated heterocycles. The third-order valence-corrected chi connectivity index (χ3v) is 5.27. The fourth-order valence-electron chi connectivity index (χ4n) is 3.73. The third-order valence-electron chi connectivity index (χ3n) is 5.27. The van der Waals surface area contributed by atoms with Crippen LogP contribution < -0.4 is 5.32 Å². The number of aliphatic imine (C=N–C) groups is 1. The van der Waals surface area contributed by atoms with Gasteiger partial charge in [-0.15, -0.1) is 0 Å². The van der Waals surface area contributed by atoms with Crippen LogP contribution >= 0.6 is 0 Å². The molecule has 4 rings (SSSR count). The Morgan fingerprint density at radius 1 is 1.00 bits per heavy atom. The van der Waals surface area contributed by atoms with Crippen molar-refractivity contribution in [2.45, 2.75) is 18.9 Å². The average Bonchev–Trinajstić information content (AvgIpc) is 2.72. The minimum absolute atomic E-state index is 0.108. The predicted octanol–water partition coefficient (Wildman–Crippen LogP) is 3.40. The Hall–Kier alpha value is -2.72. The second kappa shape index (κ2) is 8.31. The monoisotopic (exact) mass is 359 g/mol. The number of hydrogen-bond acceptors (Lipinski definition) is 4. The number of benzene rings is 2. The molecule has 0 aromatic heterocycles. The number of carbonyl (C=O) groups excluding carboxylic acids is 1. The molecule has 1 N–H and O–H groups in total. The van der Waals surface area contributed by atoms with E-state index in [4.69, 9.17) is 0 Å². The number of likely N-dealkylation sites (tertiary alicyclic amines) is 1. The molecule has 27 heavy (non-hydrogen) atoms. The van der Waals surface area contributed by atoms with Gasteiger partial charge >= 0.3 is 0 Å². The molecule has 2 aliphatic rings. The first-order chi connectivity index (χ1) is 13.3. The standard InChI is InChI=1S/C23H25N3O/c27-22-17-24-23(21-11-5-4-10-20(21)22)25-19-12-15-26(16-13-19)14-6-9-18-7-2-1-3-8-18/h1-11,19H,12-17H2,(H,24,25)/b9-6+. The Balaban J connectivity index is 1.29. The van der Waals surface area contributed by atoms with Gasteiger partial charge in [0.1, 0.15) is 12.4 Å². The van der Waals surface area contributed by atoms with Gasteiger partial charge in [0.25, 0.3) is 0 Å². The first-order valence-electron chi connectivity index (χ1n) is 9.67. The van der Waals surface area contributed by atoms with Gasteiger partial charge in [0.15, 0.2) is 5.78 Å². The van der Waals surface area contributed by atoms with Crippen LogP contribution in [0.1, 0.15) is 34.3 Å². The number of fused-ring (bicyclic) bond motifs is 1. The van der Waals surface area contributed by atoms with Crippen LogP contribution in [0, 0.1) is 0 Å². The van der Waals surface area contributed by atoms with E-state index in [2.05, 4.69) is 51.6 Å². The van der Waals surface area contributed by atoms with Crippen LogP contribution in [0.4, 0.5) is 0 Å². The number of hydrogen-bond donors (Lipinski definition) is 1. The molecule has 2 aromatic carbocycles. The Bertz CT molecular complexity index is 849. The molecule has 0 saturated carbocycles. The highest BCUT2D eigenvalue weighted by Crippen LogP contribution is 2.17. The molecule has 0 bridgehead atoms. The summed E-state index contributed by atoms with van der Waals surface area (Å²) in [4.78, 5) is 19.0. The zero-order valence-corrected chi connectivity index (χ0v) is 15.5. The normalized spacial score (nSPS) is 18.4. The van der Waals surface area contributed by atoms with Crippen molar-refractivity contribution in [1.82, 2.24) is 10.2 Å². The Labute approximate surface area is 160 Å². The number of ketones is 1. The molecule has 0 unspecified atom stereocenters. The SMILES string of the molecule is O=C1CN=C(NC2CCN(C/C=C/c3ccccc3)CC2)c2ccccc21. The number of nitrogens with zero attached hydrogens (tertiary/aromatic N) is 2. The third kappa shape index (κ3) is 4.34. The molecule has 0 amide bonds. The van der Waals surface area contributed by atoms with Crippen LogP contribution in [0.5, 0.6) is 0 Å². The molecular formula is C23H25N3O. The summed E-state index contributed by atoms with van der Waals surface area (Å²) in [5, 5.41) is 3.59. The van der Waals surface area contributed by atoms with E-state index in [9.17, 15) is 4.79 Å². The molecule has 4 heteroatoms. The van der Waals surface area contributed by atoms with Crippen molar-refractivity contribution in [3.8, 4) is 0 Å². The quantitative estimate of drug-likeness (QED) is 0.910. The molecule has 138 valence electrons. The Kier molecular flexibility index (Phi) is 5.45. The molecule has 2 aliphatic heterocycles. The number of rotatable bonds is 4. The van der Waals surface area contributed by atoms with Gasteiger partial charge in [-0.25, -0.2) is 0 Å². The van der Waals surface area contributed by atoms with Crippen molar-refractivity contribution in [2.24, 2.45) is 4.99 Å². The fraction of sp³-hybridized carbons (Fsp3) is 0.304. The second-order valence-electron chi connectivity index (χ2n) is 7.17. The zero-order valence-electron chi connectivity index (χ0n) is 15.5. The molecule has 1 fully saturated rings. The average molecular weight is 359 g/mol. The van der Waals surface area contributed by atoms with Gasteiger partial charge in [0, 0.05) is 36.8 Å². The summed E-state index contributed by atoms with van der Waals surface area (Å²) in [6.45, 7) is 3.39. The summed E-state index contributed by atoms with van der Waals surface area (Å²) < 4.78 is 0. The minimum Gasteiger partial charge on any atom is -0.367 e. The van der Waals surface area contributed by atoms with Crippen LogP contribution in [0.2, 0.25) is 0 Å². The van der Waals surface area contributed by atoms with Crippen LogP contribution in [0.15, 0.2) is 65.7 Å². The van der Waals surface area contributed by atoms with E-state index in [0.717, 1.165) is 49.4 Å². The van der Waals surface area contributed by atoms with E-state index < -0.39 is 0 Å². The van der Waals surface area contributed by atoms with Crippen molar-refractivity contribution in [2.75, 3.05) is 26.2 Å². The fourth-order valence-corrected chi connectivity index (χ4v) is 3.73. The molecular weight excluding hydrogens is 334 g/mol. The van der Waals surface area contributed by atoms with Gasteiger partial charge in [0.05, 0.1) is 0 Å². The van der Waals surface area contributed by atoms with Crippen molar-refractivity contribution in [3.63, 3.8) is 0 Å². The summed E-state index contributed by atoms with van der Waals surface area (Å²) in [7, 11) is 0. The van der Waals surface area contributed by atoms with E-state index in [1.165, 1.54) is 5.56 Å². The smallest absolute Gasteiger partial charge is 0.185 e. The maximum atomic E-state index is 12.0. The van der Waals surface area contributed by atoms with Crippen LogP contribution in [0.25, 0.3) is 6.08 Å². The van der Waals surface area contributed by atoms with E-state index in [1.807, 2.05) is 30.3 Å². The minimum atomic E-state index is 0.108. The van der Waals surface area contributed by atoms with E-state index >= 15 is 0 Å². The lowest BCUT2D eigenvalue weighted by atomic mass is 9.98. The maximum absolute atomic E-state index is 12.0. The number of amidine groups is 1. The Morgan fingerprint density at radius 3 is 2.48 bits per heavy atom. The lowest BCUT2D eigenvalue weighted by molar-refractivity contribution is 0.0999. The highest BCUT2D eigenvalue weighted by Gasteiger charge is 2.24. The molecule has 0 aliphatic carbocycles. The topological polar surface area (TPSA) is 44.7 Å². The molecule has 2 heterocycles. The van der Waals surface area contributed by atoms with Gasteiger partial charge in [-0.1, -0.05) is 66.7 Å². The van der Waals surface area contributed by atoms with Crippen molar-refractivity contribution in [3.05, 3.63) is 77.4 Å². The predicted molar refractivity (Wildman–Crippen MR) is 110 cm³/mol. The zero-order chi connectivity index (χ0) is 18.5. The summed E-state index contributed by atoms with van der Waals surface area (Å²) in [5.74, 6) is 0.990. The van der Waals surface area contributed by atoms with E-state index in [1.54, 1.807) is 0 Å². The summed E-state index contributed by atoms with van der Waals surface area (Å²) >= 11 is 0. The van der Waals surface area contributed by atoms with E-state index in [0.29, 0.717) is 6.04 Å². The largest absolute Gasteiger partial charge is 0.367 e. The highest BCUT2D eigenvalue weighted by atomic mass is 16.1. The summed E-state index contributed by atoms with van der Waals surface area (Å²) in [6.07, 6.45) is 6.62. The molecule has 0 radical (unpaired) electrons. The highest BCUT2D eigenvalue weighted by molar-refractivity contribution is 6.14. The van der Waals surface area contributed by atoms with Crippen LogP contribution in [-0.2, 0) is 0 Å². The first kappa shape index (κ1) is 17.7. The van der Waals surface area contributed by atoms with Crippen LogP contribution in [-0.4, -0.2) is 48.7 Å². The van der Waals surface area contributed by atoms with Gasteiger partial charge in [0.2, 0.25) is 0 Å². The number of Topliss-reactive ketones (excluding diaryl/α,β-unsaturated/α-hetero) is 1. The number of piperidine rings is 1. The van der Waals surface area contributed by atoms with Gasteiger partial charge in [-0.3, -0.25) is 14.7 Å². The molecule has 0 atom stereocenters. The lowest BCUT2D eigenvalue weighted by Crippen LogP contribution is -2.45. The maximum Gasteiger partial charge on any atom is 0.185 e. The van der Waals surface area contributed by atoms with Crippen LogP contribution in [0.3, 0.4) is 0 Å². The second-order valence-corrected chi connectivity index (χ2v) is 7.17. The Morgan fingerprint density at radius 2 is 1.70 bits per heavy atom. The molecule has 2 aromatic rings. The summed E-state index contributed by atoms with van der Waals surface area (Å²) in [6, 6.07) is 18.6. The first-order valence-corrected chi connectivity index (χ1v) is 9.67. The van der Waals surface area contributed by atoms with Gasteiger partial charge < -0.3 is 5.32 Å². The van der Waals surface area contributed by atoms with Crippen molar-refractivity contribution < 1.29 is 4.79 Å². The van der Waals surface area contributed by atoms with Crippen molar-refractivity contribution >= 4 is 17.7 Å². The van der Waals surface area contributed by atoms with Gasteiger partial charge in [-0.05, 0) is 18.4 Å². The molecule has 4 nitrogen and oxygen atoms in total. The van der Waals surface area contributed by atoms with E-state index in [-0.39, 0.29) is 12.3 Å². The van der Waals surface area contributed by atoms with Crippen molar-refractivity contribution in [1.29, 1.82) is 0 Å².